The minimum Gasteiger partial charge on any atom is -0.479 e. The van der Waals surface area contributed by atoms with Crippen molar-refractivity contribution in [2.24, 2.45) is 0 Å². The second kappa shape index (κ2) is 6.83. The zero-order chi connectivity index (χ0) is 13.7. The highest BCUT2D eigenvalue weighted by molar-refractivity contribution is 5.79. The topological polar surface area (TPSA) is 85.3 Å². The largest absolute Gasteiger partial charge is 0.479 e. The van der Waals surface area contributed by atoms with Gasteiger partial charge in [-0.2, -0.15) is 0 Å². The molecule has 0 aliphatic carbocycles. The highest BCUT2D eigenvalue weighted by atomic mass is 16.5. The van der Waals surface area contributed by atoms with Gasteiger partial charge >= 0.3 is 5.97 Å². The Kier molecular flexibility index (Phi) is 5.12. The number of carboxylic acids is 1. The standard InChI is InChI=1S/C12H19NO6/c14-11(8-17-7-9-2-1-4-18-9)13-3-5-19-10(6-13)12(15)16/h9-10H,1-8H2,(H,15,16)/t9-,10-/m1/s1. The molecule has 0 spiro atoms. The van der Waals surface area contributed by atoms with Gasteiger partial charge in [0.25, 0.3) is 0 Å². The predicted octanol–water partition coefficient (Wildman–Crippen LogP) is -0.506. The number of nitrogens with zero attached hydrogens (tertiary/aromatic N) is 1. The molecule has 2 atom stereocenters. The molecule has 2 aliphatic heterocycles. The van der Waals surface area contributed by atoms with Gasteiger partial charge in [0.15, 0.2) is 6.10 Å². The average molecular weight is 273 g/mol. The summed E-state index contributed by atoms with van der Waals surface area (Å²) in [7, 11) is 0. The molecule has 0 aromatic rings. The summed E-state index contributed by atoms with van der Waals surface area (Å²) in [6.45, 7) is 1.87. The first-order chi connectivity index (χ1) is 9.16. The van der Waals surface area contributed by atoms with Gasteiger partial charge < -0.3 is 24.2 Å². The number of rotatable bonds is 5. The molecule has 7 heteroatoms. The molecule has 0 aromatic heterocycles. The number of morpholine rings is 1. The number of carboxylic acid groups (broad SMARTS) is 1. The van der Waals surface area contributed by atoms with Crippen molar-refractivity contribution in [3.8, 4) is 0 Å². The van der Waals surface area contributed by atoms with Crippen molar-refractivity contribution in [3.05, 3.63) is 0 Å². The molecule has 0 bridgehead atoms. The van der Waals surface area contributed by atoms with Gasteiger partial charge in [-0.1, -0.05) is 0 Å². The number of hydrogen-bond acceptors (Lipinski definition) is 5. The summed E-state index contributed by atoms with van der Waals surface area (Å²) in [5, 5.41) is 8.85. The monoisotopic (exact) mass is 273 g/mol. The fourth-order valence-electron chi connectivity index (χ4n) is 2.17. The molecular weight excluding hydrogens is 254 g/mol. The molecular formula is C12H19NO6. The summed E-state index contributed by atoms with van der Waals surface area (Å²) in [5.74, 6) is -1.25. The fourth-order valence-corrected chi connectivity index (χ4v) is 2.17. The van der Waals surface area contributed by atoms with Crippen molar-refractivity contribution in [2.45, 2.75) is 25.0 Å². The van der Waals surface area contributed by atoms with Crippen LogP contribution in [0.15, 0.2) is 0 Å². The third kappa shape index (κ3) is 4.15. The lowest BCUT2D eigenvalue weighted by atomic mass is 10.2. The third-order valence-corrected chi connectivity index (χ3v) is 3.25. The van der Waals surface area contributed by atoms with Crippen LogP contribution in [0.5, 0.6) is 0 Å². The van der Waals surface area contributed by atoms with E-state index < -0.39 is 12.1 Å². The van der Waals surface area contributed by atoms with Crippen molar-refractivity contribution in [2.75, 3.05) is 39.5 Å². The molecule has 1 amide bonds. The van der Waals surface area contributed by atoms with E-state index in [1.165, 1.54) is 4.90 Å². The maximum Gasteiger partial charge on any atom is 0.334 e. The van der Waals surface area contributed by atoms with Crippen LogP contribution in [0, 0.1) is 0 Å². The molecule has 108 valence electrons. The Bertz CT molecular complexity index is 328. The van der Waals surface area contributed by atoms with E-state index >= 15 is 0 Å². The highest BCUT2D eigenvalue weighted by Gasteiger charge is 2.29. The first-order valence-electron chi connectivity index (χ1n) is 6.48. The number of amides is 1. The highest BCUT2D eigenvalue weighted by Crippen LogP contribution is 2.12. The van der Waals surface area contributed by atoms with Crippen LogP contribution in [-0.4, -0.2) is 73.6 Å². The van der Waals surface area contributed by atoms with Crippen LogP contribution in [-0.2, 0) is 23.8 Å². The van der Waals surface area contributed by atoms with Gasteiger partial charge in [-0.15, -0.1) is 0 Å². The number of ether oxygens (including phenoxy) is 3. The fraction of sp³-hybridized carbons (Fsp3) is 0.833. The van der Waals surface area contributed by atoms with Gasteiger partial charge in [-0.3, -0.25) is 4.79 Å². The molecule has 7 nitrogen and oxygen atoms in total. The van der Waals surface area contributed by atoms with E-state index in [1.807, 2.05) is 0 Å². The summed E-state index contributed by atoms with van der Waals surface area (Å²) >= 11 is 0. The van der Waals surface area contributed by atoms with Crippen LogP contribution in [0.2, 0.25) is 0 Å². The predicted molar refractivity (Wildman–Crippen MR) is 63.7 cm³/mol. The van der Waals surface area contributed by atoms with Crippen LogP contribution >= 0.6 is 0 Å². The Hall–Kier alpha value is -1.18. The van der Waals surface area contributed by atoms with Crippen molar-refractivity contribution < 1.29 is 28.9 Å². The molecule has 0 saturated carbocycles. The summed E-state index contributed by atoms with van der Waals surface area (Å²) < 4.78 is 15.8. The molecule has 0 aromatic carbocycles. The number of carbonyl (C=O) groups is 2. The summed E-state index contributed by atoms with van der Waals surface area (Å²) in [6.07, 6.45) is 1.15. The Labute approximate surface area is 111 Å². The van der Waals surface area contributed by atoms with E-state index in [4.69, 9.17) is 19.3 Å². The van der Waals surface area contributed by atoms with Crippen LogP contribution in [0.3, 0.4) is 0 Å². The van der Waals surface area contributed by atoms with E-state index in [9.17, 15) is 9.59 Å². The lowest BCUT2D eigenvalue weighted by Gasteiger charge is -2.30. The summed E-state index contributed by atoms with van der Waals surface area (Å²) in [5.41, 5.74) is 0. The Morgan fingerprint density at radius 2 is 2.16 bits per heavy atom. The molecule has 2 saturated heterocycles. The van der Waals surface area contributed by atoms with Gasteiger partial charge in [0.05, 0.1) is 25.9 Å². The van der Waals surface area contributed by atoms with Crippen LogP contribution < -0.4 is 0 Å². The summed E-state index contributed by atoms with van der Waals surface area (Å²) in [4.78, 5) is 24.1. The zero-order valence-electron chi connectivity index (χ0n) is 10.7. The van der Waals surface area contributed by atoms with Gasteiger partial charge in [0, 0.05) is 13.2 Å². The Morgan fingerprint density at radius 1 is 1.32 bits per heavy atom. The Morgan fingerprint density at radius 3 is 2.84 bits per heavy atom. The minimum atomic E-state index is -1.04. The first-order valence-corrected chi connectivity index (χ1v) is 6.48. The summed E-state index contributed by atoms with van der Waals surface area (Å²) in [6, 6.07) is 0. The lowest BCUT2D eigenvalue weighted by molar-refractivity contribution is -0.160. The van der Waals surface area contributed by atoms with E-state index in [2.05, 4.69) is 0 Å². The normalized spacial score (nSPS) is 27.5. The Balaban J connectivity index is 1.68. The molecule has 2 fully saturated rings. The number of aliphatic carboxylic acids is 1. The van der Waals surface area contributed by atoms with Crippen LogP contribution in [0.1, 0.15) is 12.8 Å². The zero-order valence-corrected chi connectivity index (χ0v) is 10.7. The van der Waals surface area contributed by atoms with E-state index in [1.54, 1.807) is 0 Å². The quantitative estimate of drug-likeness (QED) is 0.726. The van der Waals surface area contributed by atoms with Crippen molar-refractivity contribution in [1.29, 1.82) is 0 Å². The molecule has 0 radical (unpaired) electrons. The van der Waals surface area contributed by atoms with Crippen molar-refractivity contribution in [1.82, 2.24) is 4.90 Å². The minimum absolute atomic E-state index is 0.0355. The second-order valence-electron chi connectivity index (χ2n) is 4.69. The number of hydrogen-bond donors (Lipinski definition) is 1. The van der Waals surface area contributed by atoms with Crippen LogP contribution in [0.4, 0.5) is 0 Å². The maximum atomic E-state index is 11.9. The molecule has 2 rings (SSSR count). The van der Waals surface area contributed by atoms with Gasteiger partial charge in [0.1, 0.15) is 6.61 Å². The average Bonchev–Trinajstić information content (AvgIpc) is 2.92. The van der Waals surface area contributed by atoms with E-state index in [0.717, 1.165) is 19.4 Å². The van der Waals surface area contributed by atoms with Crippen molar-refractivity contribution >= 4 is 11.9 Å². The maximum absolute atomic E-state index is 11.9. The smallest absolute Gasteiger partial charge is 0.334 e. The van der Waals surface area contributed by atoms with E-state index in [-0.39, 0.29) is 31.8 Å². The molecule has 19 heavy (non-hydrogen) atoms. The second-order valence-corrected chi connectivity index (χ2v) is 4.69. The van der Waals surface area contributed by atoms with E-state index in [0.29, 0.717) is 13.2 Å². The van der Waals surface area contributed by atoms with Gasteiger partial charge in [-0.05, 0) is 12.8 Å². The molecule has 2 heterocycles. The lowest BCUT2D eigenvalue weighted by Crippen LogP contribution is -2.49. The first kappa shape index (κ1) is 14.2. The molecule has 2 aliphatic rings. The molecule has 1 N–H and O–H groups in total. The third-order valence-electron chi connectivity index (χ3n) is 3.25. The van der Waals surface area contributed by atoms with Crippen LogP contribution in [0.25, 0.3) is 0 Å². The molecule has 0 unspecified atom stereocenters. The van der Waals surface area contributed by atoms with Crippen molar-refractivity contribution in [3.63, 3.8) is 0 Å². The SMILES string of the molecule is O=C(O)[C@H]1CN(C(=O)COC[C@H]2CCCO2)CCO1. The number of carbonyl (C=O) groups excluding carboxylic acids is 1. The van der Waals surface area contributed by atoms with Gasteiger partial charge in [-0.25, -0.2) is 4.79 Å². The van der Waals surface area contributed by atoms with Gasteiger partial charge in [0.2, 0.25) is 5.91 Å².